The Morgan fingerprint density at radius 1 is 1.29 bits per heavy atom. The normalized spacial score (nSPS) is 13.9. The third-order valence-corrected chi connectivity index (χ3v) is 4.20. The molecular formula is C15H13Cl2N3O. The van der Waals surface area contributed by atoms with Gasteiger partial charge in [0.2, 0.25) is 0 Å². The van der Waals surface area contributed by atoms with E-state index in [1.54, 1.807) is 23.2 Å². The van der Waals surface area contributed by atoms with E-state index in [0.717, 1.165) is 17.7 Å². The maximum Gasteiger partial charge on any atom is 0.254 e. The SMILES string of the molecule is Nc1c(Cl)cc(C(=O)N2CCc3ncccc3C2)cc1Cl. The smallest absolute Gasteiger partial charge is 0.254 e. The molecule has 1 aliphatic heterocycles. The third-order valence-electron chi connectivity index (χ3n) is 3.58. The molecule has 4 nitrogen and oxygen atoms in total. The third kappa shape index (κ3) is 2.69. The van der Waals surface area contributed by atoms with E-state index in [-0.39, 0.29) is 5.91 Å². The predicted octanol–water partition coefficient (Wildman–Crippen LogP) is 3.17. The van der Waals surface area contributed by atoms with Crippen LogP contribution in [-0.4, -0.2) is 22.3 Å². The molecule has 0 saturated carbocycles. The zero-order valence-electron chi connectivity index (χ0n) is 11.1. The second kappa shape index (κ2) is 5.54. The first-order valence-corrected chi connectivity index (χ1v) is 7.28. The number of nitrogen functional groups attached to an aromatic ring is 1. The summed E-state index contributed by atoms with van der Waals surface area (Å²) in [6, 6.07) is 6.99. The standard InChI is InChI=1S/C15H13Cl2N3O/c16-11-6-10(7-12(17)14(11)18)15(21)20-5-3-13-9(8-20)2-1-4-19-13/h1-2,4,6-7H,3,5,8,18H2. The molecule has 0 spiro atoms. The van der Waals surface area contributed by atoms with Crippen LogP contribution < -0.4 is 5.73 Å². The molecule has 0 bridgehead atoms. The highest BCUT2D eigenvalue weighted by atomic mass is 35.5. The number of carbonyl (C=O) groups is 1. The zero-order chi connectivity index (χ0) is 15.0. The molecular weight excluding hydrogens is 309 g/mol. The summed E-state index contributed by atoms with van der Waals surface area (Å²) in [5.74, 6) is -0.103. The van der Waals surface area contributed by atoms with Crippen molar-refractivity contribution < 1.29 is 4.79 Å². The zero-order valence-corrected chi connectivity index (χ0v) is 12.7. The quantitative estimate of drug-likeness (QED) is 0.821. The number of aromatic nitrogens is 1. The van der Waals surface area contributed by atoms with Crippen LogP contribution in [0.3, 0.4) is 0 Å². The molecule has 2 heterocycles. The lowest BCUT2D eigenvalue weighted by molar-refractivity contribution is 0.0733. The number of pyridine rings is 1. The Morgan fingerprint density at radius 2 is 2.00 bits per heavy atom. The van der Waals surface area contributed by atoms with Gasteiger partial charge < -0.3 is 10.6 Å². The molecule has 2 N–H and O–H groups in total. The summed E-state index contributed by atoms with van der Waals surface area (Å²) in [5.41, 5.74) is 8.57. The van der Waals surface area contributed by atoms with Crippen molar-refractivity contribution in [3.8, 4) is 0 Å². The Balaban J connectivity index is 1.87. The van der Waals surface area contributed by atoms with Gasteiger partial charge in [-0.15, -0.1) is 0 Å². The molecule has 1 aliphatic rings. The van der Waals surface area contributed by atoms with Crippen molar-refractivity contribution in [3.63, 3.8) is 0 Å². The number of amides is 1. The number of nitrogens with two attached hydrogens (primary N) is 1. The Hall–Kier alpha value is -1.78. The number of benzene rings is 1. The van der Waals surface area contributed by atoms with Crippen molar-refractivity contribution >= 4 is 34.8 Å². The Kier molecular flexibility index (Phi) is 3.74. The summed E-state index contributed by atoms with van der Waals surface area (Å²) in [6.07, 6.45) is 2.52. The minimum atomic E-state index is -0.103. The number of fused-ring (bicyclic) bond motifs is 1. The number of rotatable bonds is 1. The molecule has 1 aromatic heterocycles. The Morgan fingerprint density at radius 3 is 2.71 bits per heavy atom. The largest absolute Gasteiger partial charge is 0.396 e. The van der Waals surface area contributed by atoms with Crippen LogP contribution in [0.5, 0.6) is 0 Å². The minimum Gasteiger partial charge on any atom is -0.396 e. The lowest BCUT2D eigenvalue weighted by Crippen LogP contribution is -2.36. The van der Waals surface area contributed by atoms with E-state index in [1.165, 1.54) is 0 Å². The average Bonchev–Trinajstić information content (AvgIpc) is 2.51. The maximum absolute atomic E-state index is 12.6. The molecule has 0 saturated heterocycles. The summed E-state index contributed by atoms with van der Waals surface area (Å²) in [4.78, 5) is 18.7. The topological polar surface area (TPSA) is 59.2 Å². The first-order valence-electron chi connectivity index (χ1n) is 6.53. The van der Waals surface area contributed by atoms with Gasteiger partial charge in [0.15, 0.2) is 0 Å². The van der Waals surface area contributed by atoms with Crippen LogP contribution in [0.15, 0.2) is 30.5 Å². The molecule has 1 amide bonds. The molecule has 3 rings (SSSR count). The van der Waals surface area contributed by atoms with Crippen LogP contribution in [0, 0.1) is 0 Å². The van der Waals surface area contributed by atoms with Gasteiger partial charge >= 0.3 is 0 Å². The fourth-order valence-corrected chi connectivity index (χ4v) is 2.92. The van der Waals surface area contributed by atoms with Crippen molar-refractivity contribution in [2.45, 2.75) is 13.0 Å². The molecule has 0 unspecified atom stereocenters. The lowest BCUT2D eigenvalue weighted by atomic mass is 10.0. The average molecular weight is 322 g/mol. The first-order chi connectivity index (χ1) is 10.1. The van der Waals surface area contributed by atoms with Gasteiger partial charge in [-0.2, -0.15) is 0 Å². The summed E-state index contributed by atoms with van der Waals surface area (Å²) in [5, 5.41) is 0.592. The highest BCUT2D eigenvalue weighted by molar-refractivity contribution is 6.39. The second-order valence-electron chi connectivity index (χ2n) is 4.94. The monoisotopic (exact) mass is 321 g/mol. The van der Waals surface area contributed by atoms with E-state index in [1.807, 2.05) is 12.1 Å². The number of halogens is 2. The number of hydrogen-bond donors (Lipinski definition) is 1. The number of nitrogens with zero attached hydrogens (tertiary/aromatic N) is 2. The fourth-order valence-electron chi connectivity index (χ4n) is 2.43. The van der Waals surface area contributed by atoms with E-state index >= 15 is 0 Å². The van der Waals surface area contributed by atoms with Gasteiger partial charge in [0.25, 0.3) is 5.91 Å². The molecule has 108 valence electrons. The Bertz CT molecular complexity index is 695. The molecule has 2 aromatic rings. The summed E-state index contributed by atoms with van der Waals surface area (Å²) in [6.45, 7) is 1.17. The van der Waals surface area contributed by atoms with Gasteiger partial charge in [-0.25, -0.2) is 0 Å². The van der Waals surface area contributed by atoms with Crippen molar-refractivity contribution in [1.29, 1.82) is 0 Å². The van der Waals surface area contributed by atoms with Gasteiger partial charge in [-0.3, -0.25) is 9.78 Å². The van der Waals surface area contributed by atoms with E-state index < -0.39 is 0 Å². The minimum absolute atomic E-state index is 0.103. The fraction of sp³-hybridized carbons (Fsp3) is 0.200. The predicted molar refractivity (Wildman–Crippen MR) is 83.6 cm³/mol. The van der Waals surface area contributed by atoms with Crippen LogP contribution in [0.4, 0.5) is 5.69 Å². The van der Waals surface area contributed by atoms with Gasteiger partial charge in [-0.05, 0) is 23.8 Å². The van der Waals surface area contributed by atoms with E-state index in [4.69, 9.17) is 28.9 Å². The molecule has 0 radical (unpaired) electrons. The number of hydrogen-bond acceptors (Lipinski definition) is 3. The van der Waals surface area contributed by atoms with Crippen LogP contribution in [0.2, 0.25) is 10.0 Å². The van der Waals surface area contributed by atoms with E-state index in [9.17, 15) is 4.79 Å². The first kappa shape index (κ1) is 14.2. The molecule has 0 fully saturated rings. The van der Waals surface area contributed by atoms with Gasteiger partial charge in [0.05, 0.1) is 15.7 Å². The van der Waals surface area contributed by atoms with Gasteiger partial charge in [0, 0.05) is 37.0 Å². The van der Waals surface area contributed by atoms with Crippen molar-refractivity contribution in [1.82, 2.24) is 9.88 Å². The number of anilines is 1. The highest BCUT2D eigenvalue weighted by Gasteiger charge is 2.23. The second-order valence-corrected chi connectivity index (χ2v) is 5.75. The number of carbonyl (C=O) groups excluding carboxylic acids is 1. The van der Waals surface area contributed by atoms with Crippen LogP contribution in [0.25, 0.3) is 0 Å². The van der Waals surface area contributed by atoms with Crippen molar-refractivity contribution in [3.05, 3.63) is 57.3 Å². The Labute approximate surface area is 132 Å². The molecule has 1 aromatic carbocycles. The van der Waals surface area contributed by atoms with Gasteiger partial charge in [0.1, 0.15) is 0 Å². The van der Waals surface area contributed by atoms with E-state index in [2.05, 4.69) is 4.98 Å². The maximum atomic E-state index is 12.6. The van der Waals surface area contributed by atoms with Crippen LogP contribution >= 0.6 is 23.2 Å². The summed E-state index contributed by atoms with van der Waals surface area (Å²) >= 11 is 12.0. The summed E-state index contributed by atoms with van der Waals surface area (Å²) < 4.78 is 0. The lowest BCUT2D eigenvalue weighted by Gasteiger charge is -2.28. The summed E-state index contributed by atoms with van der Waals surface area (Å²) in [7, 11) is 0. The van der Waals surface area contributed by atoms with E-state index in [0.29, 0.717) is 34.4 Å². The van der Waals surface area contributed by atoms with Gasteiger partial charge in [-0.1, -0.05) is 29.3 Å². The van der Waals surface area contributed by atoms with Crippen molar-refractivity contribution in [2.75, 3.05) is 12.3 Å². The molecule has 6 heteroatoms. The highest BCUT2D eigenvalue weighted by Crippen LogP contribution is 2.30. The molecule has 21 heavy (non-hydrogen) atoms. The molecule has 0 atom stereocenters. The van der Waals surface area contributed by atoms with Crippen molar-refractivity contribution in [2.24, 2.45) is 0 Å². The van der Waals surface area contributed by atoms with Crippen LogP contribution in [-0.2, 0) is 13.0 Å². The molecule has 0 aliphatic carbocycles. The van der Waals surface area contributed by atoms with Crippen LogP contribution in [0.1, 0.15) is 21.6 Å².